The summed E-state index contributed by atoms with van der Waals surface area (Å²) >= 11 is 0. The van der Waals surface area contributed by atoms with Crippen molar-refractivity contribution in [2.75, 3.05) is 37.6 Å². The maximum absolute atomic E-state index is 9.46. The van der Waals surface area contributed by atoms with Gasteiger partial charge in [0.1, 0.15) is 6.07 Å². The molecule has 6 nitrogen and oxygen atoms in total. The van der Waals surface area contributed by atoms with Crippen LogP contribution in [0.1, 0.15) is 11.3 Å². The standard InChI is InChI=1S/C21H21N5O/c22-16-19-21(27-20(24-19)18-4-2-1-3-5-18)26-14-12-25(13-15-26)11-8-17-6-9-23-10-7-17/h1-7,9-10H,8,11-15H2. The van der Waals surface area contributed by atoms with Crippen LogP contribution in [0.5, 0.6) is 0 Å². The molecule has 136 valence electrons. The molecule has 0 unspecified atom stereocenters. The molecule has 1 fully saturated rings. The van der Waals surface area contributed by atoms with E-state index in [2.05, 4.69) is 38.0 Å². The fourth-order valence-corrected chi connectivity index (χ4v) is 3.31. The van der Waals surface area contributed by atoms with Gasteiger partial charge in [0.2, 0.25) is 17.5 Å². The average Bonchev–Trinajstić information content (AvgIpc) is 3.18. The number of nitriles is 1. The van der Waals surface area contributed by atoms with Gasteiger partial charge in [0, 0.05) is 50.7 Å². The normalized spacial score (nSPS) is 14.9. The number of oxazole rings is 1. The highest BCUT2D eigenvalue weighted by molar-refractivity contribution is 5.59. The van der Waals surface area contributed by atoms with Crippen molar-refractivity contribution in [3.63, 3.8) is 0 Å². The molecule has 0 bridgehead atoms. The molecule has 0 atom stereocenters. The number of piperazine rings is 1. The van der Waals surface area contributed by atoms with Crippen LogP contribution in [0.2, 0.25) is 0 Å². The van der Waals surface area contributed by atoms with E-state index in [1.807, 2.05) is 42.7 Å². The van der Waals surface area contributed by atoms with E-state index in [0.717, 1.165) is 44.7 Å². The first-order valence-electron chi connectivity index (χ1n) is 9.16. The van der Waals surface area contributed by atoms with Crippen LogP contribution < -0.4 is 4.90 Å². The minimum Gasteiger partial charge on any atom is -0.419 e. The molecule has 1 aliphatic heterocycles. The monoisotopic (exact) mass is 359 g/mol. The predicted molar refractivity (Wildman–Crippen MR) is 103 cm³/mol. The van der Waals surface area contributed by atoms with Crippen molar-refractivity contribution in [3.05, 3.63) is 66.1 Å². The van der Waals surface area contributed by atoms with Gasteiger partial charge in [-0.25, -0.2) is 0 Å². The third-order valence-electron chi connectivity index (χ3n) is 4.86. The first-order chi connectivity index (χ1) is 13.3. The molecule has 1 aromatic carbocycles. The summed E-state index contributed by atoms with van der Waals surface area (Å²) in [5.74, 6) is 1.09. The highest BCUT2D eigenvalue weighted by Crippen LogP contribution is 2.28. The van der Waals surface area contributed by atoms with Gasteiger partial charge in [-0.1, -0.05) is 18.2 Å². The van der Waals surface area contributed by atoms with Crippen LogP contribution in [-0.2, 0) is 6.42 Å². The molecule has 0 spiro atoms. The van der Waals surface area contributed by atoms with Crippen molar-refractivity contribution in [3.8, 4) is 17.5 Å². The van der Waals surface area contributed by atoms with Crippen molar-refractivity contribution >= 4 is 5.88 Å². The zero-order valence-electron chi connectivity index (χ0n) is 15.1. The maximum atomic E-state index is 9.46. The van der Waals surface area contributed by atoms with Gasteiger partial charge < -0.3 is 9.32 Å². The Morgan fingerprint density at radius 3 is 2.44 bits per heavy atom. The summed E-state index contributed by atoms with van der Waals surface area (Å²) in [7, 11) is 0. The van der Waals surface area contributed by atoms with Gasteiger partial charge >= 0.3 is 0 Å². The smallest absolute Gasteiger partial charge is 0.235 e. The lowest BCUT2D eigenvalue weighted by Gasteiger charge is -2.34. The first-order valence-corrected chi connectivity index (χ1v) is 9.16. The SMILES string of the molecule is N#Cc1nc(-c2ccccc2)oc1N1CCN(CCc2ccncc2)CC1. The van der Waals surface area contributed by atoms with E-state index in [1.165, 1.54) is 5.56 Å². The second kappa shape index (κ2) is 8.02. The Kier molecular flexibility index (Phi) is 5.13. The fraction of sp³-hybridized carbons (Fsp3) is 0.286. The van der Waals surface area contributed by atoms with Gasteiger partial charge in [-0.2, -0.15) is 10.2 Å². The molecule has 0 saturated carbocycles. The lowest BCUT2D eigenvalue weighted by molar-refractivity contribution is 0.257. The Hall–Kier alpha value is -3.17. The first kappa shape index (κ1) is 17.3. The Morgan fingerprint density at radius 2 is 1.74 bits per heavy atom. The Labute approximate surface area is 158 Å². The summed E-state index contributed by atoms with van der Waals surface area (Å²) in [6, 6.07) is 16.0. The maximum Gasteiger partial charge on any atom is 0.235 e. The minimum atomic E-state index is 0.360. The molecule has 3 aromatic rings. The van der Waals surface area contributed by atoms with E-state index < -0.39 is 0 Å². The van der Waals surface area contributed by atoms with Crippen molar-refractivity contribution in [2.24, 2.45) is 0 Å². The van der Waals surface area contributed by atoms with E-state index in [4.69, 9.17) is 4.42 Å². The van der Waals surface area contributed by atoms with E-state index in [9.17, 15) is 5.26 Å². The summed E-state index contributed by atoms with van der Waals surface area (Å²) in [6.07, 6.45) is 4.70. The molecule has 1 aliphatic rings. The van der Waals surface area contributed by atoms with E-state index in [1.54, 1.807) is 0 Å². The van der Waals surface area contributed by atoms with Crippen molar-refractivity contribution in [1.29, 1.82) is 5.26 Å². The van der Waals surface area contributed by atoms with Crippen molar-refractivity contribution in [1.82, 2.24) is 14.9 Å². The van der Waals surface area contributed by atoms with Gasteiger partial charge in [-0.05, 0) is 36.2 Å². The lowest BCUT2D eigenvalue weighted by Crippen LogP contribution is -2.47. The molecule has 3 heterocycles. The van der Waals surface area contributed by atoms with E-state index >= 15 is 0 Å². The number of anilines is 1. The van der Waals surface area contributed by atoms with E-state index in [0.29, 0.717) is 17.5 Å². The van der Waals surface area contributed by atoms with Gasteiger partial charge in [-0.15, -0.1) is 0 Å². The van der Waals surface area contributed by atoms with Crippen LogP contribution in [0.25, 0.3) is 11.5 Å². The topological polar surface area (TPSA) is 69.2 Å². The van der Waals surface area contributed by atoms with Gasteiger partial charge in [-0.3, -0.25) is 9.88 Å². The second-order valence-electron chi connectivity index (χ2n) is 6.58. The Morgan fingerprint density at radius 1 is 1.00 bits per heavy atom. The minimum absolute atomic E-state index is 0.360. The molecule has 0 radical (unpaired) electrons. The van der Waals surface area contributed by atoms with E-state index in [-0.39, 0.29) is 0 Å². The molecule has 6 heteroatoms. The summed E-state index contributed by atoms with van der Waals surface area (Å²) in [5.41, 5.74) is 2.55. The van der Waals surface area contributed by atoms with Gasteiger partial charge in [0.15, 0.2) is 0 Å². The Balaban J connectivity index is 1.39. The van der Waals surface area contributed by atoms with Crippen LogP contribution in [0.3, 0.4) is 0 Å². The number of hydrogen-bond acceptors (Lipinski definition) is 6. The average molecular weight is 359 g/mol. The molecular weight excluding hydrogens is 338 g/mol. The van der Waals surface area contributed by atoms with Crippen LogP contribution in [0.15, 0.2) is 59.3 Å². The van der Waals surface area contributed by atoms with Crippen molar-refractivity contribution in [2.45, 2.75) is 6.42 Å². The van der Waals surface area contributed by atoms with Crippen molar-refractivity contribution < 1.29 is 4.42 Å². The number of aromatic nitrogens is 2. The van der Waals surface area contributed by atoms with Crippen LogP contribution in [0.4, 0.5) is 5.88 Å². The summed E-state index contributed by atoms with van der Waals surface area (Å²) in [6.45, 7) is 4.56. The summed E-state index contributed by atoms with van der Waals surface area (Å²) in [5, 5.41) is 9.46. The third-order valence-corrected chi connectivity index (χ3v) is 4.86. The fourth-order valence-electron chi connectivity index (χ4n) is 3.31. The second-order valence-corrected chi connectivity index (χ2v) is 6.58. The highest BCUT2D eigenvalue weighted by Gasteiger charge is 2.24. The zero-order chi connectivity index (χ0) is 18.5. The number of pyridine rings is 1. The number of benzene rings is 1. The largest absolute Gasteiger partial charge is 0.419 e. The molecular formula is C21H21N5O. The molecule has 1 saturated heterocycles. The molecule has 2 aromatic heterocycles. The molecule has 0 amide bonds. The lowest BCUT2D eigenvalue weighted by atomic mass is 10.2. The quantitative estimate of drug-likeness (QED) is 0.698. The number of hydrogen-bond donors (Lipinski definition) is 0. The highest BCUT2D eigenvalue weighted by atomic mass is 16.4. The zero-order valence-corrected chi connectivity index (χ0v) is 15.1. The number of rotatable bonds is 5. The van der Waals surface area contributed by atoms with Gasteiger partial charge in [0.25, 0.3) is 0 Å². The molecule has 0 N–H and O–H groups in total. The molecule has 0 aliphatic carbocycles. The van der Waals surface area contributed by atoms with Crippen LogP contribution in [0, 0.1) is 11.3 Å². The Bertz CT molecular complexity index is 909. The third kappa shape index (κ3) is 3.99. The van der Waals surface area contributed by atoms with Gasteiger partial charge in [0.05, 0.1) is 0 Å². The summed E-state index contributed by atoms with van der Waals surface area (Å²) < 4.78 is 5.96. The predicted octanol–water partition coefficient (Wildman–Crippen LogP) is 2.97. The summed E-state index contributed by atoms with van der Waals surface area (Å²) in [4.78, 5) is 13.0. The van der Waals surface area contributed by atoms with Crippen LogP contribution >= 0.6 is 0 Å². The number of nitrogens with zero attached hydrogens (tertiary/aromatic N) is 5. The van der Waals surface area contributed by atoms with Crippen LogP contribution in [-0.4, -0.2) is 47.6 Å². The molecule has 27 heavy (non-hydrogen) atoms. The molecule has 4 rings (SSSR count).